The zero-order valence-electron chi connectivity index (χ0n) is 10.5. The van der Waals surface area contributed by atoms with Gasteiger partial charge in [-0.3, -0.25) is 0 Å². The zero-order valence-corrected chi connectivity index (χ0v) is 12.1. The summed E-state index contributed by atoms with van der Waals surface area (Å²) in [5, 5.41) is 0. The first-order valence-electron chi connectivity index (χ1n) is 5.47. The molecular formula is C10H12BF4NO2S2. The number of hydrogen-bond acceptors (Lipinski definition) is 3. The molecule has 0 amide bonds. The number of halogens is 4. The minimum Gasteiger partial charge on any atom is -0.418 e. The summed E-state index contributed by atoms with van der Waals surface area (Å²) < 4.78 is 64.3. The fraction of sp³-hybridized carbons (Fsp3) is 0.300. The van der Waals surface area contributed by atoms with Crippen molar-refractivity contribution in [1.29, 1.82) is 0 Å². The lowest BCUT2D eigenvalue weighted by Crippen LogP contribution is -2.35. The minimum absolute atomic E-state index is 0.193. The van der Waals surface area contributed by atoms with E-state index >= 15 is 0 Å². The summed E-state index contributed by atoms with van der Waals surface area (Å²) in [6.07, 6.45) is 1.27. The molecule has 0 N–H and O–H groups in total. The highest BCUT2D eigenvalue weighted by molar-refractivity contribution is 7.90. The molecule has 0 saturated heterocycles. The number of sulfone groups is 1. The van der Waals surface area contributed by atoms with Crippen molar-refractivity contribution in [2.45, 2.75) is 6.54 Å². The van der Waals surface area contributed by atoms with Gasteiger partial charge in [0.15, 0.2) is 16.4 Å². The molecule has 0 fully saturated rings. The number of para-hydroxylation sites is 1. The molecule has 0 bridgehead atoms. The van der Waals surface area contributed by atoms with Crippen LogP contribution in [-0.4, -0.2) is 27.7 Å². The van der Waals surface area contributed by atoms with Crippen LogP contribution in [0.1, 0.15) is 0 Å². The molecule has 0 unspecified atom stereocenters. The van der Waals surface area contributed by atoms with Crippen LogP contribution in [0.2, 0.25) is 0 Å². The second kappa shape index (κ2) is 6.53. The lowest BCUT2D eigenvalue weighted by Gasteiger charge is -1.94. The highest BCUT2D eigenvalue weighted by Gasteiger charge is 2.20. The first-order valence-corrected chi connectivity index (χ1v) is 8.41. The van der Waals surface area contributed by atoms with E-state index in [1.807, 2.05) is 34.3 Å². The monoisotopic (exact) mass is 329 g/mol. The molecule has 112 valence electrons. The Bertz CT molecular complexity index is 663. The number of aromatic nitrogens is 1. The van der Waals surface area contributed by atoms with E-state index in [9.17, 15) is 25.7 Å². The van der Waals surface area contributed by atoms with Crippen LogP contribution >= 0.6 is 11.3 Å². The van der Waals surface area contributed by atoms with Gasteiger partial charge in [-0.1, -0.05) is 23.5 Å². The molecule has 0 aliphatic carbocycles. The van der Waals surface area contributed by atoms with Crippen LogP contribution in [0.3, 0.4) is 0 Å². The minimum atomic E-state index is -6.00. The van der Waals surface area contributed by atoms with Gasteiger partial charge >= 0.3 is 7.25 Å². The Balaban J connectivity index is 0.000000347. The van der Waals surface area contributed by atoms with E-state index in [1.165, 1.54) is 11.0 Å². The van der Waals surface area contributed by atoms with Gasteiger partial charge in [0.1, 0.15) is 10.5 Å². The molecule has 1 aromatic heterocycles. The molecule has 3 nitrogen and oxygen atoms in total. The molecule has 0 radical (unpaired) electrons. The summed E-state index contributed by atoms with van der Waals surface area (Å²) >= 11 is 1.63. The van der Waals surface area contributed by atoms with Gasteiger partial charge in [0.25, 0.3) is 0 Å². The standard InChI is InChI=1S/C10H12NO2S2.BF4/c1-15(12,13)7-6-11-8-14-10-5-3-2-4-9(10)11;2-1(3,4)5/h2-5,8H,6-7H2,1H3;/q+1;-1. The number of thiazole rings is 1. The van der Waals surface area contributed by atoms with E-state index in [0.717, 1.165) is 5.52 Å². The Morgan fingerprint density at radius 1 is 1.20 bits per heavy atom. The summed E-state index contributed by atoms with van der Waals surface area (Å²) in [4.78, 5) is 0. The fourth-order valence-corrected chi connectivity index (χ4v) is 2.86. The van der Waals surface area contributed by atoms with Gasteiger partial charge in [-0.15, -0.1) is 0 Å². The predicted molar refractivity (Wildman–Crippen MR) is 71.9 cm³/mol. The zero-order chi connectivity index (χ0) is 15.4. The van der Waals surface area contributed by atoms with Gasteiger partial charge in [0.05, 0.1) is 0 Å². The van der Waals surface area contributed by atoms with Crippen molar-refractivity contribution >= 4 is 38.6 Å². The summed E-state index contributed by atoms with van der Waals surface area (Å²) in [6, 6.07) is 8.00. The molecule has 1 aromatic carbocycles. The quantitative estimate of drug-likeness (QED) is 0.493. The van der Waals surface area contributed by atoms with E-state index in [4.69, 9.17) is 0 Å². The van der Waals surface area contributed by atoms with Gasteiger partial charge in [-0.2, -0.15) is 4.57 Å². The van der Waals surface area contributed by atoms with Crippen LogP contribution in [0.5, 0.6) is 0 Å². The fourth-order valence-electron chi connectivity index (χ4n) is 1.41. The maximum atomic E-state index is 11.1. The van der Waals surface area contributed by atoms with Gasteiger partial charge in [-0.25, -0.2) is 8.42 Å². The average molecular weight is 329 g/mol. The van der Waals surface area contributed by atoms with Crippen LogP contribution in [0, 0.1) is 0 Å². The maximum Gasteiger partial charge on any atom is 0.673 e. The van der Waals surface area contributed by atoms with E-state index in [2.05, 4.69) is 0 Å². The van der Waals surface area contributed by atoms with Gasteiger partial charge < -0.3 is 17.3 Å². The molecule has 0 spiro atoms. The summed E-state index contributed by atoms with van der Waals surface area (Å²) in [7, 11) is -8.89. The first-order chi connectivity index (χ1) is 9.06. The lowest BCUT2D eigenvalue weighted by atomic mass is 10.3. The molecule has 10 heteroatoms. The van der Waals surface area contributed by atoms with Crippen LogP contribution in [-0.2, 0) is 16.4 Å². The summed E-state index contributed by atoms with van der Waals surface area (Å²) in [5.41, 5.74) is 3.07. The number of benzene rings is 1. The molecule has 0 aliphatic rings. The van der Waals surface area contributed by atoms with Crippen LogP contribution < -0.4 is 4.57 Å². The normalized spacial score (nSPS) is 12.1. The first kappa shape index (κ1) is 16.9. The maximum absolute atomic E-state index is 11.1. The van der Waals surface area contributed by atoms with Crippen molar-refractivity contribution in [3.8, 4) is 0 Å². The number of rotatable bonds is 3. The largest absolute Gasteiger partial charge is 0.673 e. The number of nitrogens with zero attached hydrogens (tertiary/aromatic N) is 1. The highest BCUT2D eigenvalue weighted by Crippen LogP contribution is 2.14. The molecule has 2 aromatic rings. The molecule has 0 atom stereocenters. The average Bonchev–Trinajstić information content (AvgIpc) is 2.66. The molecule has 0 saturated carbocycles. The van der Waals surface area contributed by atoms with E-state index in [-0.39, 0.29) is 5.75 Å². The molecular weight excluding hydrogens is 317 g/mol. The van der Waals surface area contributed by atoms with Crippen LogP contribution in [0.4, 0.5) is 17.3 Å². The third kappa shape index (κ3) is 6.85. The third-order valence-electron chi connectivity index (χ3n) is 2.18. The molecule has 0 aliphatic heterocycles. The topological polar surface area (TPSA) is 38.0 Å². The van der Waals surface area contributed by atoms with Crippen molar-refractivity contribution in [1.82, 2.24) is 0 Å². The number of aryl methyl sites for hydroxylation is 1. The Hall–Kier alpha value is -1.16. The van der Waals surface area contributed by atoms with E-state index < -0.39 is 17.1 Å². The van der Waals surface area contributed by atoms with E-state index in [1.54, 1.807) is 11.3 Å². The third-order valence-corrected chi connectivity index (χ3v) is 4.07. The predicted octanol–water partition coefficient (Wildman–Crippen LogP) is 2.53. The van der Waals surface area contributed by atoms with Crippen molar-refractivity contribution in [3.05, 3.63) is 29.8 Å². The number of fused-ring (bicyclic) bond motifs is 1. The van der Waals surface area contributed by atoms with Crippen molar-refractivity contribution < 1.29 is 30.2 Å². The van der Waals surface area contributed by atoms with E-state index in [0.29, 0.717) is 6.54 Å². The van der Waals surface area contributed by atoms with Crippen molar-refractivity contribution in [3.63, 3.8) is 0 Å². The summed E-state index contributed by atoms with van der Waals surface area (Å²) in [5.74, 6) is 0.193. The molecule has 2 rings (SSSR count). The van der Waals surface area contributed by atoms with Crippen molar-refractivity contribution in [2.24, 2.45) is 0 Å². The highest BCUT2D eigenvalue weighted by atomic mass is 32.2. The molecule has 20 heavy (non-hydrogen) atoms. The second-order valence-corrected chi connectivity index (χ2v) is 7.16. The van der Waals surface area contributed by atoms with Gasteiger partial charge in [-0.05, 0) is 6.07 Å². The van der Waals surface area contributed by atoms with Crippen LogP contribution in [0.25, 0.3) is 10.2 Å². The Kier molecular flexibility index (Phi) is 5.52. The molecule has 1 heterocycles. The Labute approximate surface area is 117 Å². The van der Waals surface area contributed by atoms with Gasteiger partial charge in [0.2, 0.25) is 11.0 Å². The second-order valence-electron chi connectivity index (χ2n) is 4.01. The smallest absolute Gasteiger partial charge is 0.418 e. The Morgan fingerprint density at radius 3 is 2.30 bits per heavy atom. The Morgan fingerprint density at radius 2 is 1.75 bits per heavy atom. The van der Waals surface area contributed by atoms with Crippen molar-refractivity contribution in [2.75, 3.05) is 12.0 Å². The number of hydrogen-bond donors (Lipinski definition) is 0. The van der Waals surface area contributed by atoms with Gasteiger partial charge in [0, 0.05) is 12.3 Å². The lowest BCUT2D eigenvalue weighted by molar-refractivity contribution is -0.662. The van der Waals surface area contributed by atoms with Crippen LogP contribution in [0.15, 0.2) is 29.8 Å². The SMILES string of the molecule is CS(=O)(=O)CC[n+]1csc2ccccc21.F[B-](F)(F)F. The summed E-state index contributed by atoms with van der Waals surface area (Å²) in [6.45, 7) is 0.531.